The molecule has 2 N–H and O–H groups in total. The number of hydrogen-bond acceptors (Lipinski definition) is 4. The number of H-pyrrole nitrogens is 1. The first kappa shape index (κ1) is 15.0. The molecule has 0 fully saturated rings. The van der Waals surface area contributed by atoms with Crippen LogP contribution < -0.4 is 5.32 Å². The van der Waals surface area contributed by atoms with Gasteiger partial charge in [-0.05, 0) is 32.9 Å². The van der Waals surface area contributed by atoms with Crippen LogP contribution in [0.25, 0.3) is 28.1 Å². The Morgan fingerprint density at radius 2 is 1.88 bits per heavy atom. The first-order chi connectivity index (χ1) is 11.4. The molecule has 0 aliphatic carbocycles. The summed E-state index contributed by atoms with van der Waals surface area (Å²) in [5.74, 6) is 0.892. The first-order valence-corrected chi connectivity index (χ1v) is 8.04. The van der Waals surface area contributed by atoms with Crippen LogP contribution in [0.2, 0.25) is 5.02 Å². The van der Waals surface area contributed by atoms with Gasteiger partial charge in [-0.2, -0.15) is 0 Å². The Morgan fingerprint density at radius 3 is 2.58 bits per heavy atom. The van der Waals surface area contributed by atoms with Crippen molar-refractivity contribution in [1.82, 2.24) is 24.3 Å². The number of imidazole rings is 2. The first-order valence-electron chi connectivity index (χ1n) is 7.67. The molecule has 122 valence electrons. The number of nitrogens with zero attached hydrogens (tertiary/aromatic N) is 4. The molecule has 3 aromatic heterocycles. The minimum absolute atomic E-state index is 0.125. The fourth-order valence-corrected chi connectivity index (χ4v) is 2.79. The molecule has 0 aliphatic heterocycles. The zero-order chi connectivity index (χ0) is 16.9. The molecular formula is C17H17ClN6. The quantitative estimate of drug-likeness (QED) is 0.575. The maximum atomic E-state index is 6.02. The maximum absolute atomic E-state index is 6.02. The highest BCUT2D eigenvalue weighted by Gasteiger charge is 2.21. The topological polar surface area (TPSA) is 70.9 Å². The average molecular weight is 341 g/mol. The molecule has 4 aromatic rings. The van der Waals surface area contributed by atoms with Crippen molar-refractivity contribution in [3.05, 3.63) is 41.9 Å². The Bertz CT molecular complexity index is 1020. The van der Waals surface area contributed by atoms with Crippen molar-refractivity contribution in [3.8, 4) is 11.3 Å². The van der Waals surface area contributed by atoms with E-state index in [-0.39, 0.29) is 5.54 Å². The van der Waals surface area contributed by atoms with Crippen molar-refractivity contribution >= 4 is 34.2 Å². The SMILES string of the molecule is CC(C)(C)Nc1c(-c2ccc(Cl)cc2)nc2c3[nH]cnc3ncn12. The van der Waals surface area contributed by atoms with Gasteiger partial charge in [0.15, 0.2) is 11.3 Å². The Balaban J connectivity index is 2.02. The third-order valence-corrected chi connectivity index (χ3v) is 3.91. The van der Waals surface area contributed by atoms with Gasteiger partial charge in [0.1, 0.15) is 23.4 Å². The van der Waals surface area contributed by atoms with E-state index in [1.165, 1.54) is 0 Å². The van der Waals surface area contributed by atoms with E-state index in [0.717, 1.165) is 28.2 Å². The molecule has 7 heteroatoms. The number of benzene rings is 1. The van der Waals surface area contributed by atoms with Crippen molar-refractivity contribution < 1.29 is 0 Å². The molecular weight excluding hydrogens is 324 g/mol. The lowest BCUT2D eigenvalue weighted by molar-refractivity contribution is 0.629. The van der Waals surface area contributed by atoms with Gasteiger partial charge in [0.25, 0.3) is 0 Å². The number of hydrogen-bond donors (Lipinski definition) is 2. The van der Waals surface area contributed by atoms with Gasteiger partial charge in [0.2, 0.25) is 0 Å². The van der Waals surface area contributed by atoms with Gasteiger partial charge in [-0.1, -0.05) is 23.7 Å². The molecule has 3 heterocycles. The molecule has 0 spiro atoms. The van der Waals surface area contributed by atoms with Crippen LogP contribution in [-0.2, 0) is 0 Å². The molecule has 24 heavy (non-hydrogen) atoms. The summed E-state index contributed by atoms with van der Waals surface area (Å²) >= 11 is 6.02. The van der Waals surface area contributed by atoms with E-state index in [2.05, 4.69) is 41.0 Å². The van der Waals surface area contributed by atoms with Crippen LogP contribution in [0.15, 0.2) is 36.9 Å². The second-order valence-electron chi connectivity index (χ2n) is 6.73. The number of fused-ring (bicyclic) bond motifs is 3. The zero-order valence-electron chi connectivity index (χ0n) is 13.6. The van der Waals surface area contributed by atoms with Crippen LogP contribution >= 0.6 is 11.6 Å². The Labute approximate surface area is 143 Å². The Hall–Kier alpha value is -2.60. The number of aromatic nitrogens is 5. The van der Waals surface area contributed by atoms with Gasteiger partial charge < -0.3 is 10.3 Å². The van der Waals surface area contributed by atoms with Gasteiger partial charge in [0, 0.05) is 16.1 Å². The van der Waals surface area contributed by atoms with E-state index < -0.39 is 0 Å². The average Bonchev–Trinajstić information content (AvgIpc) is 3.11. The third-order valence-electron chi connectivity index (χ3n) is 3.66. The van der Waals surface area contributed by atoms with E-state index in [9.17, 15) is 0 Å². The molecule has 0 aliphatic rings. The van der Waals surface area contributed by atoms with E-state index in [0.29, 0.717) is 10.7 Å². The minimum Gasteiger partial charge on any atom is -0.365 e. The highest BCUT2D eigenvalue weighted by molar-refractivity contribution is 6.30. The lowest BCUT2D eigenvalue weighted by Crippen LogP contribution is -2.27. The standard InChI is InChI=1S/C17H17ClN6/c1-17(2,3)23-16-12(10-4-6-11(18)7-5-10)22-15-13-14(20-8-19-13)21-9-24(15)16/h4-9,23H,1-3H3,(H,19,20). The summed E-state index contributed by atoms with van der Waals surface area (Å²) in [7, 11) is 0. The smallest absolute Gasteiger partial charge is 0.182 e. The number of anilines is 1. The summed E-state index contributed by atoms with van der Waals surface area (Å²) in [6.07, 6.45) is 3.38. The molecule has 6 nitrogen and oxygen atoms in total. The maximum Gasteiger partial charge on any atom is 0.182 e. The largest absolute Gasteiger partial charge is 0.365 e. The van der Waals surface area contributed by atoms with Crippen molar-refractivity contribution in [2.75, 3.05) is 5.32 Å². The number of nitrogens with one attached hydrogen (secondary N) is 2. The lowest BCUT2D eigenvalue weighted by atomic mass is 10.1. The molecule has 4 rings (SSSR count). The highest BCUT2D eigenvalue weighted by atomic mass is 35.5. The predicted octanol–water partition coefficient (Wildman–Crippen LogP) is 4.14. The van der Waals surface area contributed by atoms with E-state index >= 15 is 0 Å². The summed E-state index contributed by atoms with van der Waals surface area (Å²) in [4.78, 5) is 16.6. The molecule has 1 aromatic carbocycles. The molecule has 0 atom stereocenters. The van der Waals surface area contributed by atoms with Gasteiger partial charge in [-0.3, -0.25) is 4.40 Å². The number of rotatable bonds is 2. The Kier molecular flexibility index (Phi) is 3.25. The summed E-state index contributed by atoms with van der Waals surface area (Å²) in [5, 5.41) is 4.24. The second-order valence-corrected chi connectivity index (χ2v) is 7.17. The normalized spacial score (nSPS) is 12.2. The third kappa shape index (κ3) is 2.49. The van der Waals surface area contributed by atoms with Crippen molar-refractivity contribution in [1.29, 1.82) is 0 Å². The minimum atomic E-state index is -0.125. The van der Waals surface area contributed by atoms with Crippen LogP contribution in [0, 0.1) is 0 Å². The van der Waals surface area contributed by atoms with E-state index in [1.807, 2.05) is 28.7 Å². The summed E-state index contributed by atoms with van der Waals surface area (Å²) in [6.45, 7) is 6.33. The van der Waals surface area contributed by atoms with Crippen molar-refractivity contribution in [2.24, 2.45) is 0 Å². The highest BCUT2D eigenvalue weighted by Crippen LogP contribution is 2.32. The van der Waals surface area contributed by atoms with Gasteiger partial charge in [0.05, 0.1) is 6.33 Å². The van der Waals surface area contributed by atoms with Gasteiger partial charge in [-0.15, -0.1) is 0 Å². The molecule has 0 radical (unpaired) electrons. The Morgan fingerprint density at radius 1 is 1.12 bits per heavy atom. The molecule has 0 saturated carbocycles. The summed E-state index contributed by atoms with van der Waals surface area (Å²) < 4.78 is 1.95. The fraction of sp³-hybridized carbons (Fsp3) is 0.235. The fourth-order valence-electron chi connectivity index (χ4n) is 2.67. The number of halogens is 1. The van der Waals surface area contributed by atoms with Gasteiger partial charge >= 0.3 is 0 Å². The van der Waals surface area contributed by atoms with E-state index in [1.54, 1.807) is 12.7 Å². The van der Waals surface area contributed by atoms with Crippen LogP contribution in [0.3, 0.4) is 0 Å². The monoisotopic (exact) mass is 340 g/mol. The van der Waals surface area contributed by atoms with Gasteiger partial charge in [-0.25, -0.2) is 15.0 Å². The van der Waals surface area contributed by atoms with Crippen LogP contribution in [0.4, 0.5) is 5.82 Å². The molecule has 0 amide bonds. The molecule has 0 unspecified atom stereocenters. The lowest BCUT2D eigenvalue weighted by Gasteiger charge is -2.22. The number of aromatic amines is 1. The van der Waals surface area contributed by atoms with Crippen molar-refractivity contribution in [3.63, 3.8) is 0 Å². The summed E-state index contributed by atoms with van der Waals surface area (Å²) in [5.41, 5.74) is 3.97. The van der Waals surface area contributed by atoms with E-state index in [4.69, 9.17) is 16.6 Å². The van der Waals surface area contributed by atoms with Crippen LogP contribution in [0.5, 0.6) is 0 Å². The summed E-state index contributed by atoms with van der Waals surface area (Å²) in [6, 6.07) is 7.67. The molecule has 0 bridgehead atoms. The zero-order valence-corrected chi connectivity index (χ0v) is 14.4. The van der Waals surface area contributed by atoms with Crippen LogP contribution in [0.1, 0.15) is 20.8 Å². The predicted molar refractivity (Wildman–Crippen MR) is 96.5 cm³/mol. The van der Waals surface area contributed by atoms with Crippen molar-refractivity contribution in [2.45, 2.75) is 26.3 Å². The second kappa shape index (κ2) is 5.21. The van der Waals surface area contributed by atoms with Crippen LogP contribution in [-0.4, -0.2) is 29.9 Å². The molecule has 0 saturated heterocycles.